The van der Waals surface area contributed by atoms with Gasteiger partial charge in [-0.2, -0.15) is 16.3 Å². The summed E-state index contributed by atoms with van der Waals surface area (Å²) >= 11 is 1.62. The molecule has 0 spiro atoms. The van der Waals surface area contributed by atoms with Crippen molar-refractivity contribution in [2.24, 2.45) is 5.92 Å². The molecule has 3 aromatic rings. The van der Waals surface area contributed by atoms with Crippen molar-refractivity contribution in [3.05, 3.63) is 58.1 Å². The number of benzene rings is 1. The maximum Gasteiger partial charge on any atom is 0.253 e. The number of hydrogen-bond donors (Lipinski definition) is 0. The van der Waals surface area contributed by atoms with Crippen molar-refractivity contribution in [3.63, 3.8) is 0 Å². The molecule has 1 saturated heterocycles. The van der Waals surface area contributed by atoms with Crippen LogP contribution in [0.1, 0.15) is 55.4 Å². The van der Waals surface area contributed by atoms with Crippen molar-refractivity contribution in [1.82, 2.24) is 15.0 Å². The summed E-state index contributed by atoms with van der Waals surface area (Å²) in [6, 6.07) is 10.0. The summed E-state index contributed by atoms with van der Waals surface area (Å²) in [6.07, 6.45) is 2.79. The van der Waals surface area contributed by atoms with Gasteiger partial charge in [0, 0.05) is 36.0 Å². The number of likely N-dealkylation sites (tertiary alicyclic amines) is 1. The van der Waals surface area contributed by atoms with E-state index >= 15 is 0 Å². The summed E-state index contributed by atoms with van der Waals surface area (Å²) in [6.45, 7) is 8.08. The molecule has 0 radical (unpaired) electrons. The third-order valence-corrected chi connectivity index (χ3v) is 6.20. The van der Waals surface area contributed by atoms with Gasteiger partial charge in [-0.3, -0.25) is 4.79 Å². The molecule has 1 unspecified atom stereocenters. The predicted octanol–water partition coefficient (Wildman–Crippen LogP) is 5.19. The zero-order valence-electron chi connectivity index (χ0n) is 17.2. The summed E-state index contributed by atoms with van der Waals surface area (Å²) in [5.74, 6) is 1.75. The van der Waals surface area contributed by atoms with E-state index in [0.29, 0.717) is 24.1 Å². The Bertz CT molecular complexity index is 955. The molecule has 4 rings (SSSR count). The largest absolute Gasteiger partial charge is 0.339 e. The molecule has 0 saturated carbocycles. The lowest BCUT2D eigenvalue weighted by molar-refractivity contribution is 0.0668. The Morgan fingerprint density at radius 1 is 1.24 bits per heavy atom. The van der Waals surface area contributed by atoms with Crippen LogP contribution >= 0.6 is 11.3 Å². The van der Waals surface area contributed by atoms with Crippen LogP contribution < -0.4 is 0 Å². The van der Waals surface area contributed by atoms with Gasteiger partial charge in [-0.15, -0.1) is 0 Å². The molecule has 29 heavy (non-hydrogen) atoms. The van der Waals surface area contributed by atoms with Gasteiger partial charge in [-0.05, 0) is 53.3 Å². The Labute approximate surface area is 175 Å². The number of carbonyl (C=O) groups excluding carboxylic acids is 1. The van der Waals surface area contributed by atoms with Gasteiger partial charge in [0.1, 0.15) is 0 Å². The van der Waals surface area contributed by atoms with Crippen LogP contribution in [-0.4, -0.2) is 34.0 Å². The highest BCUT2D eigenvalue weighted by Crippen LogP contribution is 2.26. The van der Waals surface area contributed by atoms with Crippen LogP contribution in [0.25, 0.3) is 11.4 Å². The average molecular weight is 410 g/mol. The van der Waals surface area contributed by atoms with Crippen molar-refractivity contribution < 1.29 is 9.32 Å². The highest BCUT2D eigenvalue weighted by atomic mass is 32.1. The summed E-state index contributed by atoms with van der Waals surface area (Å²) in [4.78, 5) is 19.5. The first-order valence-corrected chi connectivity index (χ1v) is 11.1. The van der Waals surface area contributed by atoms with E-state index in [0.717, 1.165) is 37.1 Å². The molecule has 2 aromatic heterocycles. The predicted molar refractivity (Wildman–Crippen MR) is 115 cm³/mol. The minimum absolute atomic E-state index is 0.0871. The molecule has 5 nitrogen and oxygen atoms in total. The zero-order valence-corrected chi connectivity index (χ0v) is 18.0. The number of amides is 1. The van der Waals surface area contributed by atoms with Gasteiger partial charge in [0.05, 0.1) is 0 Å². The molecular formula is C23H27N3O2S. The molecule has 0 aliphatic carbocycles. The molecular weight excluding hydrogens is 382 g/mol. The molecule has 3 heterocycles. The molecule has 1 aliphatic heterocycles. The second kappa shape index (κ2) is 8.11. The standard InChI is InChI=1S/C23H27N3O2S/c1-23(2,3)19-8-6-17(7-9-19)22(27)26-11-4-5-16(14-26)13-20-24-21(25-28-20)18-10-12-29-15-18/h6-10,12,15-16H,4-5,11,13-14H2,1-3H3. The van der Waals surface area contributed by atoms with E-state index in [9.17, 15) is 4.79 Å². The van der Waals surface area contributed by atoms with E-state index in [-0.39, 0.29) is 11.3 Å². The van der Waals surface area contributed by atoms with E-state index in [1.165, 1.54) is 5.56 Å². The Morgan fingerprint density at radius 3 is 2.72 bits per heavy atom. The summed E-state index contributed by atoms with van der Waals surface area (Å²) in [5.41, 5.74) is 3.08. The fraction of sp³-hybridized carbons (Fsp3) is 0.435. The van der Waals surface area contributed by atoms with Gasteiger partial charge < -0.3 is 9.42 Å². The Kier molecular flexibility index (Phi) is 5.54. The van der Waals surface area contributed by atoms with Crippen LogP contribution in [0, 0.1) is 5.92 Å². The molecule has 6 heteroatoms. The van der Waals surface area contributed by atoms with Crippen LogP contribution in [0.3, 0.4) is 0 Å². The monoisotopic (exact) mass is 409 g/mol. The quantitative estimate of drug-likeness (QED) is 0.595. The molecule has 1 fully saturated rings. The van der Waals surface area contributed by atoms with Gasteiger partial charge in [0.25, 0.3) is 5.91 Å². The number of hydrogen-bond acceptors (Lipinski definition) is 5. The fourth-order valence-electron chi connectivity index (χ4n) is 3.81. The fourth-order valence-corrected chi connectivity index (χ4v) is 4.44. The lowest BCUT2D eigenvalue weighted by Gasteiger charge is -2.32. The lowest BCUT2D eigenvalue weighted by atomic mass is 9.86. The van der Waals surface area contributed by atoms with Crippen LogP contribution in [0.15, 0.2) is 45.6 Å². The summed E-state index contributed by atoms with van der Waals surface area (Å²) in [5, 5.41) is 8.11. The Morgan fingerprint density at radius 2 is 2.03 bits per heavy atom. The van der Waals surface area contributed by atoms with E-state index in [1.807, 2.05) is 33.9 Å². The first-order chi connectivity index (χ1) is 13.9. The van der Waals surface area contributed by atoms with Gasteiger partial charge >= 0.3 is 0 Å². The summed E-state index contributed by atoms with van der Waals surface area (Å²) in [7, 11) is 0. The number of thiophene rings is 1. The van der Waals surface area contributed by atoms with Gasteiger partial charge in [-0.1, -0.05) is 38.1 Å². The van der Waals surface area contributed by atoms with Crippen LogP contribution in [-0.2, 0) is 11.8 Å². The summed E-state index contributed by atoms with van der Waals surface area (Å²) < 4.78 is 5.46. The maximum absolute atomic E-state index is 13.0. The third kappa shape index (κ3) is 4.58. The number of piperidine rings is 1. The molecule has 1 aromatic carbocycles. The van der Waals surface area contributed by atoms with E-state index in [4.69, 9.17) is 4.52 Å². The van der Waals surface area contributed by atoms with E-state index in [2.05, 4.69) is 43.0 Å². The Balaban J connectivity index is 1.40. The van der Waals surface area contributed by atoms with Gasteiger partial charge in [-0.25, -0.2) is 0 Å². The molecule has 0 bridgehead atoms. The maximum atomic E-state index is 13.0. The van der Waals surface area contributed by atoms with Crippen molar-refractivity contribution in [2.45, 2.75) is 45.4 Å². The second-order valence-electron chi connectivity index (χ2n) is 8.81. The molecule has 1 amide bonds. The highest BCUT2D eigenvalue weighted by Gasteiger charge is 2.26. The smallest absolute Gasteiger partial charge is 0.253 e. The van der Waals surface area contributed by atoms with Crippen molar-refractivity contribution in [3.8, 4) is 11.4 Å². The molecule has 152 valence electrons. The number of aromatic nitrogens is 2. The molecule has 1 aliphatic rings. The van der Waals surface area contributed by atoms with Crippen molar-refractivity contribution in [2.75, 3.05) is 13.1 Å². The Hall–Kier alpha value is -2.47. The minimum atomic E-state index is 0.0871. The zero-order chi connectivity index (χ0) is 20.4. The SMILES string of the molecule is CC(C)(C)c1ccc(C(=O)N2CCCC(Cc3nc(-c4ccsc4)no3)C2)cc1. The van der Waals surface area contributed by atoms with Gasteiger partial charge in [0.2, 0.25) is 11.7 Å². The van der Waals surface area contributed by atoms with E-state index in [1.54, 1.807) is 11.3 Å². The van der Waals surface area contributed by atoms with Crippen molar-refractivity contribution in [1.29, 1.82) is 0 Å². The molecule has 1 atom stereocenters. The first kappa shape index (κ1) is 19.8. The topological polar surface area (TPSA) is 59.2 Å². The van der Waals surface area contributed by atoms with Crippen LogP contribution in [0.5, 0.6) is 0 Å². The first-order valence-electron chi connectivity index (χ1n) is 10.1. The second-order valence-corrected chi connectivity index (χ2v) is 9.59. The third-order valence-electron chi connectivity index (χ3n) is 5.51. The van der Waals surface area contributed by atoms with E-state index < -0.39 is 0 Å². The lowest BCUT2D eigenvalue weighted by Crippen LogP contribution is -2.40. The number of nitrogens with zero attached hydrogens (tertiary/aromatic N) is 3. The van der Waals surface area contributed by atoms with Gasteiger partial charge in [0.15, 0.2) is 0 Å². The highest BCUT2D eigenvalue weighted by molar-refractivity contribution is 7.08. The normalized spacial score (nSPS) is 17.5. The molecule has 0 N–H and O–H groups in total. The van der Waals surface area contributed by atoms with Crippen molar-refractivity contribution >= 4 is 17.2 Å². The van der Waals surface area contributed by atoms with Crippen LogP contribution in [0.2, 0.25) is 0 Å². The number of rotatable bonds is 4. The minimum Gasteiger partial charge on any atom is -0.339 e. The average Bonchev–Trinajstić information content (AvgIpc) is 3.39. The van der Waals surface area contributed by atoms with Crippen LogP contribution in [0.4, 0.5) is 0 Å². The number of carbonyl (C=O) groups is 1.